The summed E-state index contributed by atoms with van der Waals surface area (Å²) in [4.78, 5) is 47.2. The summed E-state index contributed by atoms with van der Waals surface area (Å²) in [6, 6.07) is 19.5. The van der Waals surface area contributed by atoms with Crippen LogP contribution in [-0.2, 0) is 9.59 Å². The SMILES string of the molecule is Cl.NC(=O)CCC(=O)N(C[C@@H]1CNCCN1C(=O)c1ncn(C2CCCCC2)c1-c1ccccc1)c1ccccc1. The number of amides is 3. The molecule has 218 valence electrons. The fraction of sp³-hybridized carbons (Fsp3) is 0.419. The van der Waals surface area contributed by atoms with Crippen LogP contribution in [-0.4, -0.2) is 64.4 Å². The smallest absolute Gasteiger partial charge is 0.275 e. The number of hydrogen-bond acceptors (Lipinski definition) is 5. The lowest BCUT2D eigenvalue weighted by atomic mass is 9.94. The molecule has 0 unspecified atom stereocenters. The van der Waals surface area contributed by atoms with E-state index in [4.69, 9.17) is 10.7 Å². The molecule has 1 aliphatic carbocycles. The zero-order chi connectivity index (χ0) is 27.9. The van der Waals surface area contributed by atoms with Crippen LogP contribution < -0.4 is 16.0 Å². The van der Waals surface area contributed by atoms with Crippen molar-refractivity contribution in [1.29, 1.82) is 0 Å². The number of anilines is 1. The van der Waals surface area contributed by atoms with E-state index in [1.807, 2.05) is 71.9 Å². The molecule has 2 aliphatic rings. The van der Waals surface area contributed by atoms with Gasteiger partial charge in [0.25, 0.3) is 5.91 Å². The molecule has 9 nitrogen and oxygen atoms in total. The van der Waals surface area contributed by atoms with Gasteiger partial charge in [-0.15, -0.1) is 12.4 Å². The molecular weight excluding hydrogens is 540 g/mol. The molecule has 10 heteroatoms. The van der Waals surface area contributed by atoms with Crippen molar-refractivity contribution in [2.24, 2.45) is 5.73 Å². The van der Waals surface area contributed by atoms with Crippen LogP contribution in [0.5, 0.6) is 0 Å². The highest BCUT2D eigenvalue weighted by Gasteiger charge is 2.34. The summed E-state index contributed by atoms with van der Waals surface area (Å²) in [5.41, 5.74) is 8.35. The van der Waals surface area contributed by atoms with Gasteiger partial charge in [-0.3, -0.25) is 14.4 Å². The second kappa shape index (κ2) is 14.3. The van der Waals surface area contributed by atoms with Gasteiger partial charge >= 0.3 is 0 Å². The van der Waals surface area contributed by atoms with Crippen LogP contribution in [0, 0.1) is 0 Å². The molecule has 0 spiro atoms. The van der Waals surface area contributed by atoms with E-state index in [0.717, 1.165) is 29.8 Å². The van der Waals surface area contributed by atoms with Crippen LogP contribution in [0.15, 0.2) is 67.0 Å². The molecular formula is C31H39ClN6O3. The maximum atomic E-state index is 14.3. The summed E-state index contributed by atoms with van der Waals surface area (Å²) in [6.45, 7) is 2.01. The largest absolute Gasteiger partial charge is 0.370 e. The number of nitrogens with zero attached hydrogens (tertiary/aromatic N) is 4. The van der Waals surface area contributed by atoms with E-state index in [-0.39, 0.29) is 43.1 Å². The number of imidazole rings is 1. The molecule has 3 amide bonds. The Kier molecular flexibility index (Phi) is 10.5. The first-order valence-electron chi connectivity index (χ1n) is 14.3. The Morgan fingerprint density at radius 1 is 0.951 bits per heavy atom. The number of piperazine rings is 1. The summed E-state index contributed by atoms with van der Waals surface area (Å²) < 4.78 is 2.21. The number of rotatable bonds is 9. The number of carbonyl (C=O) groups is 3. The second-order valence-electron chi connectivity index (χ2n) is 10.7. The molecule has 41 heavy (non-hydrogen) atoms. The lowest BCUT2D eigenvalue weighted by molar-refractivity contribution is -0.123. The molecule has 2 heterocycles. The van der Waals surface area contributed by atoms with Gasteiger partial charge in [0.15, 0.2) is 5.69 Å². The van der Waals surface area contributed by atoms with Crippen molar-refractivity contribution >= 4 is 35.8 Å². The van der Waals surface area contributed by atoms with Crippen molar-refractivity contribution in [3.05, 3.63) is 72.7 Å². The standard InChI is InChI=1S/C31H38N6O3.ClH/c32-27(38)16-17-28(39)36(24-12-6-2-7-13-24)21-26-20-33-18-19-35(26)31(40)29-30(23-10-4-1-5-11-23)37(22-34-29)25-14-8-3-9-15-25;/h1-2,4-7,10-13,22,25-26,33H,3,8-9,14-21H2,(H2,32,38);1H/t26-;/m0./s1. The molecule has 1 aliphatic heterocycles. The molecule has 0 bridgehead atoms. The van der Waals surface area contributed by atoms with Crippen molar-refractivity contribution in [1.82, 2.24) is 19.8 Å². The van der Waals surface area contributed by atoms with E-state index in [0.29, 0.717) is 37.9 Å². The maximum Gasteiger partial charge on any atom is 0.275 e. The van der Waals surface area contributed by atoms with Crippen LogP contribution in [0.2, 0.25) is 0 Å². The number of primary amides is 1. The fourth-order valence-electron chi connectivity index (χ4n) is 5.90. The highest BCUT2D eigenvalue weighted by molar-refractivity contribution is 5.99. The molecule has 3 aromatic rings. The van der Waals surface area contributed by atoms with Crippen molar-refractivity contribution < 1.29 is 14.4 Å². The minimum atomic E-state index is -0.514. The minimum absolute atomic E-state index is 0. The van der Waals surface area contributed by atoms with E-state index in [1.54, 1.807) is 4.90 Å². The van der Waals surface area contributed by atoms with Gasteiger partial charge in [-0.25, -0.2) is 4.98 Å². The van der Waals surface area contributed by atoms with Gasteiger partial charge in [0.05, 0.1) is 18.1 Å². The lowest BCUT2D eigenvalue weighted by Crippen LogP contribution is -2.58. The normalized spacial score (nSPS) is 17.5. The number of nitrogens with two attached hydrogens (primary N) is 1. The summed E-state index contributed by atoms with van der Waals surface area (Å²) >= 11 is 0. The van der Waals surface area contributed by atoms with Crippen molar-refractivity contribution in [2.45, 2.75) is 57.0 Å². The van der Waals surface area contributed by atoms with Crippen LogP contribution in [0.25, 0.3) is 11.3 Å². The Balaban J connectivity index is 0.00000387. The number of carbonyl (C=O) groups excluding carboxylic acids is 3. The molecule has 1 aromatic heterocycles. The van der Waals surface area contributed by atoms with E-state index in [1.165, 1.54) is 19.3 Å². The molecule has 1 atom stereocenters. The van der Waals surface area contributed by atoms with Crippen molar-refractivity contribution in [3.63, 3.8) is 0 Å². The second-order valence-corrected chi connectivity index (χ2v) is 10.7. The van der Waals surface area contributed by atoms with Crippen molar-refractivity contribution in [3.8, 4) is 11.3 Å². The Labute approximate surface area is 247 Å². The number of halogens is 1. The maximum absolute atomic E-state index is 14.3. The molecule has 0 radical (unpaired) electrons. The monoisotopic (exact) mass is 578 g/mol. The van der Waals surface area contributed by atoms with Crippen molar-refractivity contribution in [2.75, 3.05) is 31.1 Å². The summed E-state index contributed by atoms with van der Waals surface area (Å²) in [5, 5.41) is 3.39. The number of para-hydroxylation sites is 1. The van der Waals surface area contributed by atoms with E-state index in [2.05, 4.69) is 9.88 Å². The van der Waals surface area contributed by atoms with Crippen LogP contribution in [0.1, 0.15) is 61.5 Å². The first-order chi connectivity index (χ1) is 19.5. The van der Waals surface area contributed by atoms with E-state index >= 15 is 0 Å². The zero-order valence-electron chi connectivity index (χ0n) is 23.3. The summed E-state index contributed by atoms with van der Waals surface area (Å²) in [7, 11) is 0. The van der Waals surface area contributed by atoms with Gasteiger partial charge in [-0.2, -0.15) is 0 Å². The fourth-order valence-corrected chi connectivity index (χ4v) is 5.90. The summed E-state index contributed by atoms with van der Waals surface area (Å²) in [6.07, 6.45) is 7.61. The van der Waals surface area contributed by atoms with Crippen LogP contribution in [0.4, 0.5) is 5.69 Å². The highest BCUT2D eigenvalue weighted by atomic mass is 35.5. The lowest BCUT2D eigenvalue weighted by Gasteiger charge is -2.39. The van der Waals surface area contributed by atoms with Gasteiger partial charge in [0.2, 0.25) is 11.8 Å². The predicted molar refractivity (Wildman–Crippen MR) is 162 cm³/mol. The van der Waals surface area contributed by atoms with Gasteiger partial charge in [0.1, 0.15) is 0 Å². The zero-order valence-corrected chi connectivity index (χ0v) is 24.1. The molecule has 2 fully saturated rings. The van der Waals surface area contributed by atoms with E-state index in [9.17, 15) is 14.4 Å². The third-order valence-corrected chi connectivity index (χ3v) is 7.97. The third-order valence-electron chi connectivity index (χ3n) is 7.97. The Hall–Kier alpha value is -3.69. The van der Waals surface area contributed by atoms with Crippen LogP contribution in [0.3, 0.4) is 0 Å². The number of aromatic nitrogens is 2. The van der Waals surface area contributed by atoms with E-state index < -0.39 is 5.91 Å². The number of benzene rings is 2. The Bertz CT molecular complexity index is 1310. The molecule has 1 saturated carbocycles. The van der Waals surface area contributed by atoms with Gasteiger partial charge in [-0.1, -0.05) is 67.8 Å². The quantitative estimate of drug-likeness (QED) is 0.395. The first-order valence-corrected chi connectivity index (χ1v) is 14.3. The number of hydrogen-bond donors (Lipinski definition) is 2. The average Bonchev–Trinajstić information content (AvgIpc) is 3.45. The molecule has 5 rings (SSSR count). The Morgan fingerprint density at radius 2 is 1.63 bits per heavy atom. The summed E-state index contributed by atoms with van der Waals surface area (Å²) in [5.74, 6) is -0.841. The molecule has 3 N–H and O–H groups in total. The predicted octanol–water partition coefficient (Wildman–Crippen LogP) is 4.19. The highest BCUT2D eigenvalue weighted by Crippen LogP contribution is 2.34. The number of nitrogens with one attached hydrogen (secondary N) is 1. The topological polar surface area (TPSA) is 114 Å². The Morgan fingerprint density at radius 3 is 2.32 bits per heavy atom. The van der Waals surface area contributed by atoms with Gasteiger partial charge < -0.3 is 25.4 Å². The van der Waals surface area contributed by atoms with Crippen LogP contribution >= 0.6 is 12.4 Å². The third kappa shape index (κ3) is 7.15. The molecule has 1 saturated heterocycles. The first kappa shape index (κ1) is 30.3. The molecule has 2 aromatic carbocycles. The average molecular weight is 579 g/mol. The van der Waals surface area contributed by atoms with Gasteiger partial charge in [0, 0.05) is 56.3 Å². The minimum Gasteiger partial charge on any atom is -0.370 e. The van der Waals surface area contributed by atoms with Gasteiger partial charge in [-0.05, 0) is 25.0 Å².